The van der Waals surface area contributed by atoms with E-state index in [-0.39, 0.29) is 0 Å². The van der Waals surface area contributed by atoms with E-state index in [1.165, 1.54) is 11.3 Å². The van der Waals surface area contributed by atoms with Gasteiger partial charge in [-0.25, -0.2) is 4.98 Å². The van der Waals surface area contributed by atoms with Crippen molar-refractivity contribution in [3.05, 3.63) is 23.2 Å². The summed E-state index contributed by atoms with van der Waals surface area (Å²) in [4.78, 5) is 6.95. The van der Waals surface area contributed by atoms with Crippen LogP contribution in [0.4, 0.5) is 6.01 Å². The van der Waals surface area contributed by atoms with Gasteiger partial charge in [0.15, 0.2) is 5.01 Å². The van der Waals surface area contributed by atoms with Crippen LogP contribution in [-0.4, -0.2) is 59.5 Å². The van der Waals surface area contributed by atoms with Crippen molar-refractivity contribution in [2.24, 2.45) is 0 Å². The molecule has 0 aliphatic carbocycles. The van der Waals surface area contributed by atoms with Crippen molar-refractivity contribution in [2.75, 3.05) is 44.7 Å². The summed E-state index contributed by atoms with van der Waals surface area (Å²) in [6.45, 7) is 5.68. The molecule has 1 aliphatic rings. The molecule has 1 N–H and O–H groups in total. The molecule has 2 aromatic heterocycles. The molecule has 1 fully saturated rings. The molecule has 0 radical (unpaired) electrons. The van der Waals surface area contributed by atoms with Gasteiger partial charge in [0, 0.05) is 24.7 Å². The third-order valence-corrected chi connectivity index (χ3v) is 5.50. The highest BCUT2D eigenvalue weighted by atomic mass is 35.5. The number of ether oxygens (including phenoxy) is 1. The summed E-state index contributed by atoms with van der Waals surface area (Å²) in [5.41, 5.74) is 0.841. The molecule has 0 spiro atoms. The largest absolute Gasteiger partial charge is 0.401 e. The lowest BCUT2D eigenvalue weighted by Gasteiger charge is -2.26. The van der Waals surface area contributed by atoms with Crippen molar-refractivity contribution in [3.63, 3.8) is 0 Å². The number of benzene rings is 1. The summed E-state index contributed by atoms with van der Waals surface area (Å²) in [6.07, 6.45) is 2.18. The molecule has 1 aromatic carbocycles. The first kappa shape index (κ1) is 17.7. The molecule has 0 bridgehead atoms. The first-order valence-corrected chi connectivity index (χ1v) is 9.91. The van der Waals surface area contributed by atoms with Crippen LogP contribution in [0.5, 0.6) is 0 Å². The number of fused-ring (bicyclic) bond motifs is 1. The Morgan fingerprint density at radius 3 is 2.96 bits per heavy atom. The van der Waals surface area contributed by atoms with Crippen molar-refractivity contribution < 1.29 is 9.15 Å². The van der Waals surface area contributed by atoms with Gasteiger partial charge >= 0.3 is 6.01 Å². The fourth-order valence-electron chi connectivity index (χ4n) is 2.85. The van der Waals surface area contributed by atoms with E-state index >= 15 is 0 Å². The van der Waals surface area contributed by atoms with E-state index in [9.17, 15) is 0 Å². The average Bonchev–Trinajstić information content (AvgIpc) is 3.28. The monoisotopic (exact) mass is 393 g/mol. The van der Waals surface area contributed by atoms with Crippen LogP contribution in [0.15, 0.2) is 22.6 Å². The maximum Gasteiger partial charge on any atom is 0.315 e. The van der Waals surface area contributed by atoms with Gasteiger partial charge in [-0.2, -0.15) is 0 Å². The zero-order valence-corrected chi connectivity index (χ0v) is 15.9. The predicted molar refractivity (Wildman–Crippen MR) is 103 cm³/mol. The van der Waals surface area contributed by atoms with Gasteiger partial charge in [0.25, 0.3) is 5.89 Å². The number of anilines is 1. The Bertz CT molecular complexity index is 862. The van der Waals surface area contributed by atoms with Crippen LogP contribution in [0.2, 0.25) is 5.02 Å². The number of rotatable bonds is 7. The molecule has 0 amide bonds. The van der Waals surface area contributed by atoms with Crippen LogP contribution in [0.3, 0.4) is 0 Å². The summed E-state index contributed by atoms with van der Waals surface area (Å²) in [5.74, 6) is 0.429. The van der Waals surface area contributed by atoms with Crippen molar-refractivity contribution in [2.45, 2.75) is 12.8 Å². The van der Waals surface area contributed by atoms with E-state index in [4.69, 9.17) is 20.8 Å². The minimum Gasteiger partial charge on any atom is -0.401 e. The molecule has 0 atom stereocenters. The topological polar surface area (TPSA) is 76.3 Å². The minimum atomic E-state index is 0.429. The number of nitrogens with one attached hydrogen (secondary N) is 1. The number of nitrogens with zero attached hydrogens (tertiary/aromatic N) is 4. The third kappa shape index (κ3) is 4.32. The number of thiazole rings is 1. The number of hydrogen-bond donors (Lipinski definition) is 1. The van der Waals surface area contributed by atoms with E-state index in [0.717, 1.165) is 62.5 Å². The van der Waals surface area contributed by atoms with E-state index in [0.29, 0.717) is 21.9 Å². The van der Waals surface area contributed by atoms with Gasteiger partial charge in [0.05, 0.1) is 23.4 Å². The van der Waals surface area contributed by atoms with Crippen LogP contribution in [0.1, 0.15) is 12.8 Å². The van der Waals surface area contributed by atoms with Crippen LogP contribution in [-0.2, 0) is 4.74 Å². The zero-order chi connectivity index (χ0) is 17.8. The number of aromatic nitrogens is 3. The Hall–Kier alpha value is -1.74. The van der Waals surface area contributed by atoms with Crippen molar-refractivity contribution in [3.8, 4) is 10.9 Å². The summed E-state index contributed by atoms with van der Waals surface area (Å²) in [7, 11) is 0. The smallest absolute Gasteiger partial charge is 0.315 e. The molecule has 1 saturated heterocycles. The quantitative estimate of drug-likeness (QED) is 0.615. The Morgan fingerprint density at radius 2 is 2.08 bits per heavy atom. The molecule has 3 heterocycles. The third-order valence-electron chi connectivity index (χ3n) is 4.24. The van der Waals surface area contributed by atoms with Gasteiger partial charge in [-0.3, -0.25) is 4.90 Å². The van der Waals surface area contributed by atoms with Gasteiger partial charge < -0.3 is 14.5 Å². The number of morpholine rings is 1. The van der Waals surface area contributed by atoms with Gasteiger partial charge in [-0.15, -0.1) is 16.4 Å². The fourth-order valence-corrected chi connectivity index (χ4v) is 3.89. The normalized spacial score (nSPS) is 15.6. The minimum absolute atomic E-state index is 0.429. The molecule has 7 nitrogen and oxygen atoms in total. The SMILES string of the molecule is Clc1ccc2sc(-c3nnc(NCCCCN4CCOCC4)o3)nc2c1. The van der Waals surface area contributed by atoms with Crippen LogP contribution < -0.4 is 5.32 Å². The maximum atomic E-state index is 6.00. The highest BCUT2D eigenvalue weighted by molar-refractivity contribution is 7.21. The second-order valence-corrected chi connectivity index (χ2v) is 7.60. The molecule has 3 aromatic rings. The molecule has 138 valence electrons. The second kappa shape index (κ2) is 8.30. The number of halogens is 1. The summed E-state index contributed by atoms with van der Waals surface area (Å²) < 4.78 is 12.1. The second-order valence-electron chi connectivity index (χ2n) is 6.13. The lowest BCUT2D eigenvalue weighted by Crippen LogP contribution is -2.36. The Kier molecular flexibility index (Phi) is 5.64. The average molecular weight is 394 g/mol. The van der Waals surface area contributed by atoms with E-state index in [1.807, 2.05) is 18.2 Å². The van der Waals surface area contributed by atoms with Crippen molar-refractivity contribution >= 4 is 39.2 Å². The summed E-state index contributed by atoms with van der Waals surface area (Å²) >= 11 is 7.52. The highest BCUT2D eigenvalue weighted by Gasteiger charge is 2.14. The van der Waals surface area contributed by atoms with Gasteiger partial charge in [0.1, 0.15) is 0 Å². The van der Waals surface area contributed by atoms with Crippen LogP contribution >= 0.6 is 22.9 Å². The Labute approximate surface area is 160 Å². The molecule has 0 saturated carbocycles. The van der Waals surface area contributed by atoms with Gasteiger partial charge in [0.2, 0.25) is 0 Å². The molecule has 0 unspecified atom stereocenters. The van der Waals surface area contributed by atoms with Crippen molar-refractivity contribution in [1.82, 2.24) is 20.1 Å². The molecule has 1 aliphatic heterocycles. The zero-order valence-electron chi connectivity index (χ0n) is 14.3. The number of hydrogen-bond acceptors (Lipinski definition) is 8. The molecular weight excluding hydrogens is 374 g/mol. The summed E-state index contributed by atoms with van der Waals surface area (Å²) in [5, 5.41) is 12.7. The number of unbranched alkanes of at least 4 members (excludes halogenated alkanes) is 1. The van der Waals surface area contributed by atoms with Crippen molar-refractivity contribution in [1.29, 1.82) is 0 Å². The lowest BCUT2D eigenvalue weighted by molar-refractivity contribution is 0.0373. The highest BCUT2D eigenvalue weighted by Crippen LogP contribution is 2.31. The molecule has 26 heavy (non-hydrogen) atoms. The molecular formula is C17H20ClN5O2S. The maximum absolute atomic E-state index is 6.00. The predicted octanol–water partition coefficient (Wildman–Crippen LogP) is 3.52. The Balaban J connectivity index is 1.27. The van der Waals surface area contributed by atoms with E-state index < -0.39 is 0 Å². The fraction of sp³-hybridized carbons (Fsp3) is 0.471. The first-order valence-electron chi connectivity index (χ1n) is 8.72. The standard InChI is InChI=1S/C17H20ClN5O2S/c18-12-3-4-14-13(11-12)20-16(26-14)15-21-22-17(25-15)19-5-1-2-6-23-7-9-24-10-8-23/h3-4,11H,1-2,5-10H2,(H,19,22). The van der Waals surface area contributed by atoms with E-state index in [2.05, 4.69) is 25.4 Å². The molecule has 4 rings (SSSR count). The summed E-state index contributed by atoms with van der Waals surface area (Å²) in [6, 6.07) is 6.07. The van der Waals surface area contributed by atoms with Gasteiger partial charge in [-0.1, -0.05) is 16.7 Å². The Morgan fingerprint density at radius 1 is 1.19 bits per heavy atom. The van der Waals surface area contributed by atoms with Crippen LogP contribution in [0, 0.1) is 0 Å². The molecule has 9 heteroatoms. The lowest BCUT2D eigenvalue weighted by atomic mass is 10.3. The van der Waals surface area contributed by atoms with E-state index in [1.54, 1.807) is 0 Å². The van der Waals surface area contributed by atoms with Gasteiger partial charge in [-0.05, 0) is 37.6 Å². The van der Waals surface area contributed by atoms with Crippen LogP contribution in [0.25, 0.3) is 21.1 Å². The first-order chi connectivity index (χ1) is 12.8.